The number of aryl methyl sites for hydroxylation is 1. The van der Waals surface area contributed by atoms with E-state index in [1.807, 2.05) is 0 Å². The standard InChI is InChI=1S/C18H27ClO2/c1-3-4-5-6-9-17(19)16-13-11-15(12-14-16)8-7-10-18(20)21-2/h11-14,17H,3-10H2,1-2H3. The molecule has 0 N–H and O–H groups in total. The van der Waals surface area contributed by atoms with E-state index in [-0.39, 0.29) is 11.3 Å². The molecule has 1 rings (SSSR count). The average molecular weight is 311 g/mol. The number of ether oxygens (including phenoxy) is 1. The van der Waals surface area contributed by atoms with Gasteiger partial charge in [0, 0.05) is 6.42 Å². The van der Waals surface area contributed by atoms with Crippen LogP contribution in [0.15, 0.2) is 24.3 Å². The van der Waals surface area contributed by atoms with E-state index in [2.05, 4.69) is 35.9 Å². The van der Waals surface area contributed by atoms with Gasteiger partial charge in [0.1, 0.15) is 0 Å². The zero-order chi connectivity index (χ0) is 15.5. The van der Waals surface area contributed by atoms with Gasteiger partial charge < -0.3 is 4.74 Å². The first-order chi connectivity index (χ1) is 10.2. The van der Waals surface area contributed by atoms with E-state index < -0.39 is 0 Å². The van der Waals surface area contributed by atoms with Crippen LogP contribution in [0.25, 0.3) is 0 Å². The molecule has 0 amide bonds. The number of hydrogen-bond acceptors (Lipinski definition) is 2. The number of rotatable bonds is 10. The third-order valence-electron chi connectivity index (χ3n) is 3.73. The summed E-state index contributed by atoms with van der Waals surface area (Å²) in [6.07, 6.45) is 8.27. The van der Waals surface area contributed by atoms with Crippen LogP contribution >= 0.6 is 11.6 Å². The van der Waals surface area contributed by atoms with Gasteiger partial charge in [-0.3, -0.25) is 4.79 Å². The highest BCUT2D eigenvalue weighted by Gasteiger charge is 2.07. The van der Waals surface area contributed by atoms with Crippen molar-refractivity contribution in [2.24, 2.45) is 0 Å². The molecule has 3 heteroatoms. The normalized spacial score (nSPS) is 12.1. The van der Waals surface area contributed by atoms with E-state index in [9.17, 15) is 4.79 Å². The largest absolute Gasteiger partial charge is 0.469 e. The Kier molecular flexibility index (Phi) is 9.16. The molecule has 0 aromatic heterocycles. The van der Waals surface area contributed by atoms with Crippen LogP contribution in [0, 0.1) is 0 Å². The number of esters is 1. The molecule has 21 heavy (non-hydrogen) atoms. The van der Waals surface area contributed by atoms with E-state index in [0.717, 1.165) is 19.3 Å². The van der Waals surface area contributed by atoms with Gasteiger partial charge in [0.2, 0.25) is 0 Å². The molecule has 0 aliphatic carbocycles. The van der Waals surface area contributed by atoms with Crippen molar-refractivity contribution < 1.29 is 9.53 Å². The van der Waals surface area contributed by atoms with E-state index in [0.29, 0.717) is 6.42 Å². The smallest absolute Gasteiger partial charge is 0.305 e. The Bertz CT molecular complexity index is 400. The van der Waals surface area contributed by atoms with Crippen LogP contribution < -0.4 is 0 Å². The molecular formula is C18H27ClO2. The Morgan fingerprint density at radius 1 is 1.14 bits per heavy atom. The van der Waals surface area contributed by atoms with E-state index in [1.165, 1.54) is 43.9 Å². The molecule has 0 saturated heterocycles. The molecular weight excluding hydrogens is 284 g/mol. The van der Waals surface area contributed by atoms with Gasteiger partial charge in [-0.2, -0.15) is 0 Å². The zero-order valence-electron chi connectivity index (χ0n) is 13.2. The minimum absolute atomic E-state index is 0.117. The SMILES string of the molecule is CCCCCCC(Cl)c1ccc(CCCC(=O)OC)cc1. The van der Waals surface area contributed by atoms with Crippen LogP contribution in [0.2, 0.25) is 0 Å². The number of carbonyl (C=O) groups excluding carboxylic acids is 1. The molecule has 0 saturated carbocycles. The maximum Gasteiger partial charge on any atom is 0.305 e. The fraction of sp³-hybridized carbons (Fsp3) is 0.611. The van der Waals surface area contributed by atoms with Gasteiger partial charge >= 0.3 is 5.97 Å². The van der Waals surface area contributed by atoms with Gasteiger partial charge in [-0.25, -0.2) is 0 Å². The van der Waals surface area contributed by atoms with Crippen LogP contribution in [-0.2, 0) is 16.0 Å². The molecule has 0 heterocycles. The second-order valence-electron chi connectivity index (χ2n) is 5.49. The summed E-state index contributed by atoms with van der Waals surface area (Å²) in [6.45, 7) is 2.22. The summed E-state index contributed by atoms with van der Waals surface area (Å²) < 4.78 is 4.64. The summed E-state index contributed by atoms with van der Waals surface area (Å²) in [5, 5.41) is 0.117. The van der Waals surface area contributed by atoms with Crippen LogP contribution in [0.4, 0.5) is 0 Å². The summed E-state index contributed by atoms with van der Waals surface area (Å²) in [6, 6.07) is 8.47. The topological polar surface area (TPSA) is 26.3 Å². The van der Waals surface area contributed by atoms with Crippen LogP contribution in [0.3, 0.4) is 0 Å². The number of alkyl halides is 1. The summed E-state index contributed by atoms with van der Waals surface area (Å²) in [7, 11) is 1.43. The lowest BCUT2D eigenvalue weighted by Crippen LogP contribution is -2.00. The molecule has 0 radical (unpaired) electrons. The zero-order valence-corrected chi connectivity index (χ0v) is 14.0. The van der Waals surface area contributed by atoms with E-state index >= 15 is 0 Å². The molecule has 118 valence electrons. The summed E-state index contributed by atoms with van der Waals surface area (Å²) in [5.41, 5.74) is 2.45. The van der Waals surface area contributed by atoms with Crippen molar-refractivity contribution in [3.8, 4) is 0 Å². The maximum atomic E-state index is 11.1. The van der Waals surface area contributed by atoms with Crippen LogP contribution in [0.5, 0.6) is 0 Å². The highest BCUT2D eigenvalue weighted by atomic mass is 35.5. The third kappa shape index (κ3) is 7.52. The quantitative estimate of drug-likeness (QED) is 0.327. The van der Waals surface area contributed by atoms with Crippen molar-refractivity contribution in [1.82, 2.24) is 0 Å². The van der Waals surface area contributed by atoms with Gasteiger partial charge in [-0.15, -0.1) is 11.6 Å². The van der Waals surface area contributed by atoms with Gasteiger partial charge in [-0.05, 0) is 30.4 Å². The number of benzene rings is 1. The molecule has 0 bridgehead atoms. The molecule has 1 aromatic rings. The minimum Gasteiger partial charge on any atom is -0.469 e. The lowest BCUT2D eigenvalue weighted by molar-refractivity contribution is -0.140. The first-order valence-electron chi connectivity index (χ1n) is 7.97. The second-order valence-corrected chi connectivity index (χ2v) is 6.01. The van der Waals surface area contributed by atoms with E-state index in [4.69, 9.17) is 11.6 Å². The van der Waals surface area contributed by atoms with Crippen LogP contribution in [0.1, 0.15) is 68.4 Å². The van der Waals surface area contributed by atoms with Crippen molar-refractivity contribution in [2.75, 3.05) is 7.11 Å². The molecule has 1 aromatic carbocycles. The molecule has 2 nitrogen and oxygen atoms in total. The molecule has 1 unspecified atom stereocenters. The fourth-order valence-electron chi connectivity index (χ4n) is 2.35. The Morgan fingerprint density at radius 2 is 1.86 bits per heavy atom. The van der Waals surface area contributed by atoms with Crippen LogP contribution in [-0.4, -0.2) is 13.1 Å². The Labute approximate surface area is 133 Å². The second kappa shape index (κ2) is 10.7. The number of hydrogen-bond donors (Lipinski definition) is 0. The fourth-order valence-corrected chi connectivity index (χ4v) is 2.65. The lowest BCUT2D eigenvalue weighted by atomic mass is 10.0. The average Bonchev–Trinajstić information content (AvgIpc) is 2.51. The number of halogens is 1. The Morgan fingerprint density at radius 3 is 2.48 bits per heavy atom. The van der Waals surface area contributed by atoms with Crippen molar-refractivity contribution >= 4 is 17.6 Å². The van der Waals surface area contributed by atoms with Crippen molar-refractivity contribution in [3.63, 3.8) is 0 Å². The highest BCUT2D eigenvalue weighted by molar-refractivity contribution is 6.20. The molecule has 0 fully saturated rings. The monoisotopic (exact) mass is 310 g/mol. The number of methoxy groups -OCH3 is 1. The van der Waals surface area contributed by atoms with Gasteiger partial charge in [-0.1, -0.05) is 56.9 Å². The van der Waals surface area contributed by atoms with Gasteiger partial charge in [0.05, 0.1) is 12.5 Å². The predicted octanol–water partition coefficient (Wildman–Crippen LogP) is 5.43. The third-order valence-corrected chi connectivity index (χ3v) is 4.20. The maximum absolute atomic E-state index is 11.1. The molecule has 0 aliphatic rings. The van der Waals surface area contributed by atoms with Crippen molar-refractivity contribution in [2.45, 2.75) is 63.7 Å². The Hall–Kier alpha value is -1.02. The molecule has 1 atom stereocenters. The Balaban J connectivity index is 2.33. The van der Waals surface area contributed by atoms with E-state index in [1.54, 1.807) is 0 Å². The molecule has 0 aliphatic heterocycles. The lowest BCUT2D eigenvalue weighted by Gasteiger charge is -2.10. The number of unbranched alkanes of at least 4 members (excludes halogenated alkanes) is 3. The summed E-state index contributed by atoms with van der Waals surface area (Å²) >= 11 is 6.44. The minimum atomic E-state index is -0.139. The predicted molar refractivity (Wildman–Crippen MR) is 88.7 cm³/mol. The molecule has 0 spiro atoms. The van der Waals surface area contributed by atoms with Gasteiger partial charge in [0.25, 0.3) is 0 Å². The number of carbonyl (C=O) groups is 1. The highest BCUT2D eigenvalue weighted by Crippen LogP contribution is 2.27. The first kappa shape index (κ1) is 18.0. The van der Waals surface area contributed by atoms with Crippen molar-refractivity contribution in [3.05, 3.63) is 35.4 Å². The summed E-state index contributed by atoms with van der Waals surface area (Å²) in [4.78, 5) is 11.1. The van der Waals surface area contributed by atoms with Gasteiger partial charge in [0.15, 0.2) is 0 Å². The summed E-state index contributed by atoms with van der Waals surface area (Å²) in [5.74, 6) is -0.139. The van der Waals surface area contributed by atoms with Crippen molar-refractivity contribution in [1.29, 1.82) is 0 Å². The first-order valence-corrected chi connectivity index (χ1v) is 8.40.